The highest BCUT2D eigenvalue weighted by molar-refractivity contribution is 9.10. The Labute approximate surface area is 246 Å². The van der Waals surface area contributed by atoms with Crippen molar-refractivity contribution in [2.75, 3.05) is 23.7 Å². The van der Waals surface area contributed by atoms with E-state index in [-0.39, 0.29) is 12.5 Å². The molecular weight excluding hydrogens is 590 g/mol. The maximum atomic E-state index is 14.1. The summed E-state index contributed by atoms with van der Waals surface area (Å²) < 4.78 is 27.8. The van der Waals surface area contributed by atoms with Crippen LogP contribution in [0.25, 0.3) is 0 Å². The first-order chi connectivity index (χ1) is 19.0. The number of sulfonamides is 1. The van der Waals surface area contributed by atoms with Crippen molar-refractivity contribution in [1.29, 1.82) is 0 Å². The predicted octanol–water partition coefficient (Wildman–Crippen LogP) is 5.39. The molecule has 2 amide bonds. The first-order valence-electron chi connectivity index (χ1n) is 13.4. The number of aryl methyl sites for hydroxylation is 2. The van der Waals surface area contributed by atoms with Crippen molar-refractivity contribution in [3.05, 3.63) is 99.5 Å². The lowest BCUT2D eigenvalue weighted by atomic mass is 10.0. The van der Waals surface area contributed by atoms with Gasteiger partial charge >= 0.3 is 0 Å². The maximum Gasteiger partial charge on any atom is 0.244 e. The summed E-state index contributed by atoms with van der Waals surface area (Å²) >= 11 is 3.45. The van der Waals surface area contributed by atoms with Crippen LogP contribution in [0.2, 0.25) is 0 Å². The number of nitrogens with one attached hydrogen (secondary N) is 1. The zero-order valence-electron chi connectivity index (χ0n) is 23.6. The van der Waals surface area contributed by atoms with E-state index in [1.165, 1.54) is 4.90 Å². The van der Waals surface area contributed by atoms with Crippen molar-refractivity contribution in [3.8, 4) is 0 Å². The lowest BCUT2D eigenvalue weighted by molar-refractivity contribution is -0.140. The SMILES string of the molecule is CCCCNC(=O)C(Cc1ccccc1)N(Cc1ccccc1C)C(=O)CN(c1ccc(Br)c(C)c1)S(C)(=O)=O. The van der Waals surface area contributed by atoms with Crippen molar-refractivity contribution < 1.29 is 18.0 Å². The van der Waals surface area contributed by atoms with Crippen LogP contribution in [0.3, 0.4) is 0 Å². The van der Waals surface area contributed by atoms with Gasteiger partial charge in [0.25, 0.3) is 0 Å². The number of carbonyl (C=O) groups excluding carboxylic acids is 2. The van der Waals surface area contributed by atoms with Gasteiger partial charge in [0.2, 0.25) is 21.8 Å². The largest absolute Gasteiger partial charge is 0.354 e. The van der Waals surface area contributed by atoms with Gasteiger partial charge in [-0.25, -0.2) is 8.42 Å². The lowest BCUT2D eigenvalue weighted by Gasteiger charge is -2.34. The fraction of sp³-hybridized carbons (Fsp3) is 0.355. The van der Waals surface area contributed by atoms with Crippen LogP contribution in [0.15, 0.2) is 77.3 Å². The lowest BCUT2D eigenvalue weighted by Crippen LogP contribution is -2.53. The first-order valence-corrected chi connectivity index (χ1v) is 16.0. The highest BCUT2D eigenvalue weighted by atomic mass is 79.9. The van der Waals surface area contributed by atoms with Gasteiger partial charge in [0.1, 0.15) is 12.6 Å². The minimum absolute atomic E-state index is 0.168. The van der Waals surface area contributed by atoms with Crippen molar-refractivity contribution in [2.45, 2.75) is 52.6 Å². The van der Waals surface area contributed by atoms with E-state index in [0.29, 0.717) is 18.7 Å². The monoisotopic (exact) mass is 627 g/mol. The molecule has 0 aliphatic rings. The Morgan fingerprint density at radius 3 is 2.25 bits per heavy atom. The molecule has 0 aliphatic heterocycles. The van der Waals surface area contributed by atoms with E-state index in [2.05, 4.69) is 21.2 Å². The van der Waals surface area contributed by atoms with Crippen LogP contribution in [0, 0.1) is 13.8 Å². The van der Waals surface area contributed by atoms with E-state index < -0.39 is 28.5 Å². The Morgan fingerprint density at radius 1 is 0.950 bits per heavy atom. The minimum Gasteiger partial charge on any atom is -0.354 e. The molecule has 0 spiro atoms. The quantitative estimate of drug-likeness (QED) is 0.258. The molecule has 0 aromatic heterocycles. The second-order valence-electron chi connectivity index (χ2n) is 10.0. The number of anilines is 1. The second-order valence-corrected chi connectivity index (χ2v) is 12.8. The van der Waals surface area contributed by atoms with Gasteiger partial charge in [-0.1, -0.05) is 83.9 Å². The molecule has 3 aromatic carbocycles. The van der Waals surface area contributed by atoms with Crippen molar-refractivity contribution >= 4 is 43.5 Å². The smallest absolute Gasteiger partial charge is 0.244 e. The number of hydrogen-bond acceptors (Lipinski definition) is 4. The molecule has 214 valence electrons. The topological polar surface area (TPSA) is 86.8 Å². The van der Waals surface area contributed by atoms with E-state index >= 15 is 0 Å². The molecular formula is C31H38BrN3O4S. The van der Waals surface area contributed by atoms with Gasteiger partial charge < -0.3 is 10.2 Å². The summed E-state index contributed by atoms with van der Waals surface area (Å²) in [5.74, 6) is -0.717. The average molecular weight is 629 g/mol. The van der Waals surface area contributed by atoms with E-state index in [0.717, 1.165) is 50.1 Å². The summed E-state index contributed by atoms with van der Waals surface area (Å²) in [6.45, 7) is 6.10. The fourth-order valence-corrected chi connectivity index (χ4v) is 5.52. The van der Waals surface area contributed by atoms with Crippen molar-refractivity contribution in [2.24, 2.45) is 0 Å². The molecule has 3 rings (SSSR count). The molecule has 0 heterocycles. The molecule has 3 aromatic rings. The number of nitrogens with zero attached hydrogens (tertiary/aromatic N) is 2. The molecule has 0 fully saturated rings. The zero-order valence-corrected chi connectivity index (χ0v) is 26.0. The standard InChI is InChI=1S/C31H38BrN3O4S/c1-5-6-18-33-31(37)29(20-25-13-8-7-9-14-25)34(21-26-15-11-10-12-23(26)2)30(36)22-35(40(4,38)39)27-16-17-28(32)24(3)19-27/h7-17,19,29H,5-6,18,20-22H2,1-4H3,(H,33,37). The third-order valence-corrected chi connectivity index (χ3v) is 8.84. The fourth-order valence-electron chi connectivity index (χ4n) is 4.43. The molecule has 40 heavy (non-hydrogen) atoms. The zero-order chi connectivity index (χ0) is 29.3. The van der Waals surface area contributed by atoms with Gasteiger partial charge in [-0.2, -0.15) is 0 Å². The Balaban J connectivity index is 2.05. The molecule has 7 nitrogen and oxygen atoms in total. The average Bonchev–Trinajstić information content (AvgIpc) is 2.91. The van der Waals surface area contributed by atoms with Gasteiger partial charge in [-0.3, -0.25) is 13.9 Å². The number of halogens is 1. The summed E-state index contributed by atoms with van der Waals surface area (Å²) in [4.78, 5) is 29.3. The summed E-state index contributed by atoms with van der Waals surface area (Å²) in [5.41, 5.74) is 4.01. The summed E-state index contributed by atoms with van der Waals surface area (Å²) in [7, 11) is -3.81. The molecule has 0 aliphatic carbocycles. The van der Waals surface area contributed by atoms with E-state index in [9.17, 15) is 18.0 Å². The molecule has 1 N–H and O–H groups in total. The summed E-state index contributed by atoms with van der Waals surface area (Å²) in [6.07, 6.45) is 3.13. The number of unbranched alkanes of at least 4 members (excludes halogenated alkanes) is 1. The highest BCUT2D eigenvalue weighted by Crippen LogP contribution is 2.25. The molecule has 0 saturated heterocycles. The maximum absolute atomic E-state index is 14.1. The van der Waals surface area contributed by atoms with Gasteiger partial charge in [-0.15, -0.1) is 0 Å². The van der Waals surface area contributed by atoms with E-state index in [4.69, 9.17) is 0 Å². The van der Waals surface area contributed by atoms with Gasteiger partial charge in [0.05, 0.1) is 11.9 Å². The van der Waals surface area contributed by atoms with Crippen molar-refractivity contribution in [1.82, 2.24) is 10.2 Å². The van der Waals surface area contributed by atoms with Crippen LogP contribution >= 0.6 is 15.9 Å². The molecule has 1 unspecified atom stereocenters. The Hall–Kier alpha value is -3.17. The van der Waals surface area contributed by atoms with Crippen LogP contribution in [-0.4, -0.2) is 50.5 Å². The van der Waals surface area contributed by atoms with Crippen LogP contribution < -0.4 is 9.62 Å². The normalized spacial score (nSPS) is 12.0. The number of hydrogen-bond donors (Lipinski definition) is 1. The number of benzene rings is 3. The van der Waals surface area contributed by atoms with E-state index in [1.807, 2.05) is 75.4 Å². The van der Waals surface area contributed by atoms with Crippen molar-refractivity contribution in [3.63, 3.8) is 0 Å². The minimum atomic E-state index is -3.81. The van der Waals surface area contributed by atoms with Crippen LogP contribution in [0.1, 0.15) is 42.0 Å². The number of amides is 2. The van der Waals surface area contributed by atoms with E-state index in [1.54, 1.807) is 18.2 Å². The Morgan fingerprint density at radius 2 is 1.62 bits per heavy atom. The third-order valence-electron chi connectivity index (χ3n) is 6.81. The number of rotatable bonds is 13. The molecule has 0 saturated carbocycles. The predicted molar refractivity (Wildman–Crippen MR) is 165 cm³/mol. The summed E-state index contributed by atoms with van der Waals surface area (Å²) in [6, 6.07) is 21.6. The Bertz CT molecular complexity index is 1410. The Kier molecular flexibility index (Phi) is 11.3. The second kappa shape index (κ2) is 14.5. The third kappa shape index (κ3) is 8.66. The van der Waals surface area contributed by atoms with Crippen LogP contribution in [-0.2, 0) is 32.6 Å². The first kappa shape index (κ1) is 31.4. The highest BCUT2D eigenvalue weighted by Gasteiger charge is 2.33. The van der Waals surface area contributed by atoms with Gasteiger partial charge in [-0.05, 0) is 60.7 Å². The molecule has 1 atom stereocenters. The molecule has 0 radical (unpaired) electrons. The van der Waals surface area contributed by atoms with Crippen LogP contribution in [0.5, 0.6) is 0 Å². The van der Waals surface area contributed by atoms with Crippen LogP contribution in [0.4, 0.5) is 5.69 Å². The molecule has 0 bridgehead atoms. The number of carbonyl (C=O) groups is 2. The van der Waals surface area contributed by atoms with Gasteiger partial charge in [0, 0.05) is 24.0 Å². The summed E-state index contributed by atoms with van der Waals surface area (Å²) in [5, 5.41) is 3.00. The molecule has 9 heteroatoms. The van der Waals surface area contributed by atoms with Gasteiger partial charge in [0.15, 0.2) is 0 Å².